The lowest BCUT2D eigenvalue weighted by molar-refractivity contribution is 0.0429. The second-order valence-corrected chi connectivity index (χ2v) is 4.71. The molecule has 3 aromatic rings. The number of esters is 1. The van der Waals surface area contributed by atoms with Gasteiger partial charge in [0, 0.05) is 18.0 Å². The third-order valence-electron chi connectivity index (χ3n) is 2.83. The molecule has 0 aliphatic rings. The molecule has 0 bridgehead atoms. The van der Waals surface area contributed by atoms with Crippen molar-refractivity contribution in [1.82, 2.24) is 15.1 Å². The van der Waals surface area contributed by atoms with E-state index in [-0.39, 0.29) is 12.5 Å². The third kappa shape index (κ3) is 3.12. The molecule has 0 amide bonds. The fourth-order valence-corrected chi connectivity index (χ4v) is 1.98. The Kier molecular flexibility index (Phi) is 4.11. The van der Waals surface area contributed by atoms with Gasteiger partial charge in [-0.3, -0.25) is 4.98 Å². The summed E-state index contributed by atoms with van der Waals surface area (Å²) in [6.07, 6.45) is 3.03. The van der Waals surface area contributed by atoms with Gasteiger partial charge in [-0.05, 0) is 24.3 Å². The van der Waals surface area contributed by atoms with Crippen LogP contribution in [0.2, 0.25) is 5.02 Å². The Labute approximate surface area is 130 Å². The molecule has 0 saturated heterocycles. The normalized spacial score (nSPS) is 10.4. The van der Waals surface area contributed by atoms with Gasteiger partial charge in [-0.2, -0.15) is 4.98 Å². The van der Waals surface area contributed by atoms with E-state index in [9.17, 15) is 4.79 Å². The zero-order chi connectivity index (χ0) is 15.4. The number of rotatable bonds is 4. The van der Waals surface area contributed by atoms with Crippen LogP contribution >= 0.6 is 11.6 Å². The number of nitrogens with zero attached hydrogens (tertiary/aromatic N) is 3. The lowest BCUT2D eigenvalue weighted by Gasteiger charge is -2.00. The topological polar surface area (TPSA) is 78.1 Å². The van der Waals surface area contributed by atoms with Gasteiger partial charge >= 0.3 is 5.97 Å². The lowest BCUT2D eigenvalue weighted by atomic mass is 10.2. The summed E-state index contributed by atoms with van der Waals surface area (Å²) in [7, 11) is 0. The highest BCUT2D eigenvalue weighted by Crippen LogP contribution is 2.24. The summed E-state index contributed by atoms with van der Waals surface area (Å²) in [5.74, 6) is 0.0535. The first kappa shape index (κ1) is 14.2. The van der Waals surface area contributed by atoms with E-state index in [0.29, 0.717) is 22.0 Å². The molecule has 7 heteroatoms. The van der Waals surface area contributed by atoms with Crippen LogP contribution < -0.4 is 0 Å². The summed E-state index contributed by atoms with van der Waals surface area (Å²) in [4.78, 5) is 19.8. The molecule has 3 rings (SSSR count). The lowest BCUT2D eigenvalue weighted by Crippen LogP contribution is -2.05. The van der Waals surface area contributed by atoms with E-state index in [1.807, 2.05) is 12.1 Å². The number of pyridine rings is 1. The van der Waals surface area contributed by atoms with Crippen molar-refractivity contribution in [2.75, 3.05) is 0 Å². The smallest absolute Gasteiger partial charge is 0.338 e. The van der Waals surface area contributed by atoms with E-state index in [1.54, 1.807) is 24.3 Å². The molecule has 1 aromatic carbocycles. The maximum absolute atomic E-state index is 11.8. The van der Waals surface area contributed by atoms with Crippen LogP contribution in [0.1, 0.15) is 16.2 Å². The van der Waals surface area contributed by atoms with Gasteiger partial charge in [0.25, 0.3) is 5.89 Å². The van der Waals surface area contributed by atoms with Gasteiger partial charge in [0.05, 0.1) is 10.6 Å². The van der Waals surface area contributed by atoms with Gasteiger partial charge in [0.15, 0.2) is 6.61 Å². The number of carbonyl (C=O) groups is 1. The average Bonchev–Trinajstić information content (AvgIpc) is 3.02. The Morgan fingerprint density at radius 2 is 1.95 bits per heavy atom. The van der Waals surface area contributed by atoms with E-state index in [1.165, 1.54) is 12.4 Å². The molecule has 6 nitrogen and oxygen atoms in total. The van der Waals surface area contributed by atoms with E-state index in [4.69, 9.17) is 20.9 Å². The molecule has 0 aliphatic carbocycles. The summed E-state index contributed by atoms with van der Waals surface area (Å²) in [6, 6.07) is 10.3. The molecule has 0 radical (unpaired) electrons. The van der Waals surface area contributed by atoms with Crippen molar-refractivity contribution in [3.05, 3.63) is 65.3 Å². The summed E-state index contributed by atoms with van der Waals surface area (Å²) in [5, 5.41) is 4.34. The number of hydrogen-bond acceptors (Lipinski definition) is 6. The van der Waals surface area contributed by atoms with Crippen molar-refractivity contribution in [3.63, 3.8) is 0 Å². The van der Waals surface area contributed by atoms with Crippen molar-refractivity contribution in [3.8, 4) is 11.4 Å². The van der Waals surface area contributed by atoms with E-state index in [0.717, 1.165) is 0 Å². The molecular weight excluding hydrogens is 306 g/mol. The van der Waals surface area contributed by atoms with Gasteiger partial charge in [-0.25, -0.2) is 4.79 Å². The Morgan fingerprint density at radius 1 is 1.18 bits per heavy atom. The zero-order valence-corrected chi connectivity index (χ0v) is 12.0. The predicted molar refractivity (Wildman–Crippen MR) is 78.1 cm³/mol. The summed E-state index contributed by atoms with van der Waals surface area (Å²) in [5.41, 5.74) is 1.06. The number of benzene rings is 1. The summed E-state index contributed by atoms with van der Waals surface area (Å²) < 4.78 is 10.1. The van der Waals surface area contributed by atoms with Crippen molar-refractivity contribution >= 4 is 17.6 Å². The van der Waals surface area contributed by atoms with Crippen LogP contribution in [0.3, 0.4) is 0 Å². The first-order chi connectivity index (χ1) is 10.7. The molecule has 0 aliphatic heterocycles. The molecule has 0 atom stereocenters. The molecule has 0 N–H and O–H groups in total. The summed E-state index contributed by atoms with van der Waals surface area (Å²) >= 11 is 6.06. The predicted octanol–water partition coefficient (Wildman–Crippen LogP) is 3.14. The van der Waals surface area contributed by atoms with Crippen molar-refractivity contribution in [2.45, 2.75) is 6.61 Å². The third-order valence-corrected chi connectivity index (χ3v) is 3.16. The van der Waals surface area contributed by atoms with Gasteiger partial charge < -0.3 is 9.26 Å². The molecule has 2 heterocycles. The second-order valence-electron chi connectivity index (χ2n) is 4.30. The average molecular weight is 316 g/mol. The van der Waals surface area contributed by atoms with Crippen LogP contribution in [0.5, 0.6) is 0 Å². The van der Waals surface area contributed by atoms with Crippen LogP contribution in [-0.4, -0.2) is 21.1 Å². The number of hydrogen-bond donors (Lipinski definition) is 0. The molecule has 0 fully saturated rings. The van der Waals surface area contributed by atoms with E-state index < -0.39 is 5.97 Å². The highest BCUT2D eigenvalue weighted by atomic mass is 35.5. The number of halogens is 1. The minimum atomic E-state index is -0.486. The Bertz CT molecular complexity index is 789. The molecule has 110 valence electrons. The number of aromatic nitrogens is 3. The van der Waals surface area contributed by atoms with Crippen molar-refractivity contribution in [2.24, 2.45) is 0 Å². The van der Waals surface area contributed by atoms with Crippen LogP contribution in [0, 0.1) is 0 Å². The van der Waals surface area contributed by atoms with Crippen molar-refractivity contribution in [1.29, 1.82) is 0 Å². The number of ether oxygens (including phenoxy) is 1. The maximum Gasteiger partial charge on any atom is 0.338 e. The van der Waals surface area contributed by atoms with Gasteiger partial charge in [0.1, 0.15) is 0 Å². The fourth-order valence-electron chi connectivity index (χ4n) is 1.76. The van der Waals surface area contributed by atoms with Gasteiger partial charge in [-0.15, -0.1) is 0 Å². The number of carbonyl (C=O) groups excluding carboxylic acids is 1. The Balaban J connectivity index is 1.68. The first-order valence-corrected chi connectivity index (χ1v) is 6.76. The first-order valence-electron chi connectivity index (χ1n) is 6.38. The van der Waals surface area contributed by atoms with Crippen LogP contribution in [-0.2, 0) is 11.3 Å². The molecule has 0 spiro atoms. The van der Waals surface area contributed by atoms with Gasteiger partial charge in [-0.1, -0.05) is 28.9 Å². The maximum atomic E-state index is 11.8. The Hall–Kier alpha value is -2.73. The van der Waals surface area contributed by atoms with Crippen LogP contribution in [0.4, 0.5) is 0 Å². The molecule has 0 unspecified atom stereocenters. The quantitative estimate of drug-likeness (QED) is 0.688. The van der Waals surface area contributed by atoms with E-state index >= 15 is 0 Å². The minimum absolute atomic E-state index is 0.112. The van der Waals surface area contributed by atoms with Crippen molar-refractivity contribution < 1.29 is 14.1 Å². The zero-order valence-electron chi connectivity index (χ0n) is 11.3. The van der Waals surface area contributed by atoms with Gasteiger partial charge in [0.2, 0.25) is 5.82 Å². The highest BCUT2D eigenvalue weighted by molar-refractivity contribution is 6.33. The van der Waals surface area contributed by atoms with E-state index in [2.05, 4.69) is 15.1 Å². The Morgan fingerprint density at radius 3 is 2.73 bits per heavy atom. The standard InChI is InChI=1S/C15H10ClN3O3/c16-12-4-2-1-3-11(12)14-18-13(22-19-14)9-21-15(20)10-5-7-17-8-6-10/h1-8H,9H2. The highest BCUT2D eigenvalue weighted by Gasteiger charge is 2.13. The molecule has 0 saturated carbocycles. The van der Waals surface area contributed by atoms with Crippen LogP contribution in [0.15, 0.2) is 53.3 Å². The minimum Gasteiger partial charge on any atom is -0.452 e. The van der Waals surface area contributed by atoms with Crippen LogP contribution in [0.25, 0.3) is 11.4 Å². The molecular formula is C15H10ClN3O3. The second kappa shape index (κ2) is 6.36. The SMILES string of the molecule is O=C(OCc1nc(-c2ccccc2Cl)no1)c1ccncc1. The molecule has 22 heavy (non-hydrogen) atoms. The largest absolute Gasteiger partial charge is 0.452 e. The summed E-state index contributed by atoms with van der Waals surface area (Å²) in [6.45, 7) is -0.112. The molecule has 2 aromatic heterocycles. The monoisotopic (exact) mass is 315 g/mol. The fraction of sp³-hybridized carbons (Fsp3) is 0.0667.